The van der Waals surface area contributed by atoms with Gasteiger partial charge in [-0.25, -0.2) is 0 Å². The summed E-state index contributed by atoms with van der Waals surface area (Å²) in [4.78, 5) is 11.4. The lowest BCUT2D eigenvalue weighted by molar-refractivity contribution is -0.124. The molecule has 1 unspecified atom stereocenters. The van der Waals surface area contributed by atoms with Gasteiger partial charge in [-0.15, -0.1) is 0 Å². The first-order valence-corrected chi connectivity index (χ1v) is 5.25. The third kappa shape index (κ3) is 1.29. The van der Waals surface area contributed by atoms with Crippen molar-refractivity contribution in [1.29, 1.82) is 0 Å². The van der Waals surface area contributed by atoms with Gasteiger partial charge >= 0.3 is 0 Å². The second kappa shape index (κ2) is 3.32. The Hall–Kier alpha value is -1.87. The van der Waals surface area contributed by atoms with Crippen LogP contribution in [0.3, 0.4) is 0 Å². The number of hydrogen-bond acceptors (Lipinski definition) is 2. The summed E-state index contributed by atoms with van der Waals surface area (Å²) in [6.45, 7) is 0. The first-order valence-electron chi connectivity index (χ1n) is 5.25. The van der Waals surface area contributed by atoms with Gasteiger partial charge in [-0.1, -0.05) is 36.4 Å². The molecule has 1 heterocycles. The molecular weight excluding hydrogens is 202 g/mol. The molecule has 2 aromatic rings. The van der Waals surface area contributed by atoms with Crippen molar-refractivity contribution in [2.24, 2.45) is 0 Å². The molecule has 1 atom stereocenters. The van der Waals surface area contributed by atoms with E-state index in [9.17, 15) is 9.90 Å². The fourth-order valence-electron chi connectivity index (χ4n) is 2.14. The maximum absolute atomic E-state index is 11.4. The molecule has 3 heteroatoms. The molecule has 0 spiro atoms. The highest BCUT2D eigenvalue weighted by Crippen LogP contribution is 2.31. The standard InChI is InChI=1S/C13H11NO2/c15-11-7-9-6-5-8-3-1-2-4-10(8)12(9)14-13(11)16/h1-6,11,15H,7H2,(H,14,16). The molecule has 3 rings (SSSR count). The highest BCUT2D eigenvalue weighted by atomic mass is 16.3. The van der Waals surface area contributed by atoms with E-state index in [1.165, 1.54) is 0 Å². The summed E-state index contributed by atoms with van der Waals surface area (Å²) in [5.74, 6) is -0.316. The van der Waals surface area contributed by atoms with Crippen LogP contribution in [0.4, 0.5) is 5.69 Å². The van der Waals surface area contributed by atoms with Crippen molar-refractivity contribution < 1.29 is 9.90 Å². The van der Waals surface area contributed by atoms with Gasteiger partial charge in [0.15, 0.2) is 0 Å². The molecule has 0 saturated heterocycles. The van der Waals surface area contributed by atoms with Crippen LogP contribution in [-0.2, 0) is 11.2 Å². The van der Waals surface area contributed by atoms with E-state index in [1.54, 1.807) is 0 Å². The maximum atomic E-state index is 11.4. The van der Waals surface area contributed by atoms with Gasteiger partial charge in [-0.2, -0.15) is 0 Å². The van der Waals surface area contributed by atoms with Crippen LogP contribution >= 0.6 is 0 Å². The summed E-state index contributed by atoms with van der Waals surface area (Å²) >= 11 is 0. The summed E-state index contributed by atoms with van der Waals surface area (Å²) in [6.07, 6.45) is -0.528. The van der Waals surface area contributed by atoms with Gasteiger partial charge in [0.1, 0.15) is 6.10 Å². The quantitative estimate of drug-likeness (QED) is 0.699. The third-order valence-electron chi connectivity index (χ3n) is 2.98. The highest BCUT2D eigenvalue weighted by Gasteiger charge is 2.24. The Morgan fingerprint density at radius 1 is 1.19 bits per heavy atom. The summed E-state index contributed by atoms with van der Waals surface area (Å²) < 4.78 is 0. The molecule has 80 valence electrons. The van der Waals surface area contributed by atoms with Crippen LogP contribution in [0.2, 0.25) is 0 Å². The fourth-order valence-corrected chi connectivity index (χ4v) is 2.14. The number of fused-ring (bicyclic) bond motifs is 3. The predicted octanol–water partition coefficient (Wildman–Crippen LogP) is 1.70. The van der Waals surface area contributed by atoms with Crippen LogP contribution in [-0.4, -0.2) is 17.1 Å². The molecule has 2 aromatic carbocycles. The molecule has 0 aromatic heterocycles. The van der Waals surface area contributed by atoms with Crippen LogP contribution < -0.4 is 5.32 Å². The molecule has 0 bridgehead atoms. The normalized spacial score (nSPS) is 19.3. The molecule has 0 saturated carbocycles. The predicted molar refractivity (Wildman–Crippen MR) is 62.3 cm³/mol. The van der Waals surface area contributed by atoms with Gasteiger partial charge in [0.2, 0.25) is 0 Å². The van der Waals surface area contributed by atoms with Crippen molar-refractivity contribution in [3.05, 3.63) is 42.0 Å². The van der Waals surface area contributed by atoms with Gasteiger partial charge in [0.05, 0.1) is 5.69 Å². The van der Waals surface area contributed by atoms with E-state index in [4.69, 9.17) is 0 Å². The summed E-state index contributed by atoms with van der Waals surface area (Å²) in [5, 5.41) is 14.4. The number of anilines is 1. The second-order valence-electron chi connectivity index (χ2n) is 4.03. The number of carbonyl (C=O) groups excluding carboxylic acids is 1. The lowest BCUT2D eigenvalue weighted by Crippen LogP contribution is -2.34. The zero-order chi connectivity index (χ0) is 11.1. The Kier molecular flexibility index (Phi) is 1.94. The Balaban J connectivity index is 2.27. The van der Waals surface area contributed by atoms with Crippen molar-refractivity contribution in [3.63, 3.8) is 0 Å². The SMILES string of the molecule is O=C1Nc2c(ccc3ccccc23)CC1O. The van der Waals surface area contributed by atoms with Gasteiger partial charge in [-0.05, 0) is 10.9 Å². The number of aliphatic hydroxyl groups excluding tert-OH is 1. The zero-order valence-electron chi connectivity index (χ0n) is 8.60. The van der Waals surface area contributed by atoms with E-state index in [0.29, 0.717) is 6.42 Å². The van der Waals surface area contributed by atoms with Crippen molar-refractivity contribution >= 4 is 22.4 Å². The van der Waals surface area contributed by atoms with Gasteiger partial charge < -0.3 is 10.4 Å². The third-order valence-corrected chi connectivity index (χ3v) is 2.98. The van der Waals surface area contributed by atoms with Crippen LogP contribution in [0.25, 0.3) is 10.8 Å². The number of rotatable bonds is 0. The molecule has 1 amide bonds. The average molecular weight is 213 g/mol. The van der Waals surface area contributed by atoms with E-state index in [0.717, 1.165) is 22.0 Å². The summed E-state index contributed by atoms with van der Waals surface area (Å²) in [6, 6.07) is 11.9. The lowest BCUT2D eigenvalue weighted by atomic mass is 9.96. The Morgan fingerprint density at radius 3 is 2.88 bits per heavy atom. The van der Waals surface area contributed by atoms with Gasteiger partial charge in [0, 0.05) is 11.8 Å². The first-order chi connectivity index (χ1) is 7.75. The monoisotopic (exact) mass is 213 g/mol. The minimum atomic E-state index is -0.923. The maximum Gasteiger partial charge on any atom is 0.253 e. The number of carbonyl (C=O) groups is 1. The average Bonchev–Trinajstić information content (AvgIpc) is 2.31. The lowest BCUT2D eigenvalue weighted by Gasteiger charge is -2.22. The molecule has 16 heavy (non-hydrogen) atoms. The van der Waals surface area contributed by atoms with Crippen molar-refractivity contribution in [1.82, 2.24) is 0 Å². The Morgan fingerprint density at radius 2 is 2.00 bits per heavy atom. The van der Waals surface area contributed by atoms with Crippen molar-refractivity contribution in [3.8, 4) is 0 Å². The van der Waals surface area contributed by atoms with Crippen molar-refractivity contribution in [2.75, 3.05) is 5.32 Å². The topological polar surface area (TPSA) is 49.3 Å². The molecule has 3 nitrogen and oxygen atoms in total. The number of benzene rings is 2. The van der Waals surface area contributed by atoms with Crippen molar-refractivity contribution in [2.45, 2.75) is 12.5 Å². The van der Waals surface area contributed by atoms with Gasteiger partial charge in [0.25, 0.3) is 5.91 Å². The number of aliphatic hydroxyl groups is 1. The highest BCUT2D eigenvalue weighted by molar-refractivity contribution is 6.06. The minimum Gasteiger partial charge on any atom is -0.383 e. The molecule has 0 radical (unpaired) electrons. The molecule has 0 fully saturated rings. The summed E-state index contributed by atoms with van der Waals surface area (Å²) in [5.41, 5.74) is 1.83. The van der Waals surface area contributed by atoms with Crippen LogP contribution in [0.15, 0.2) is 36.4 Å². The van der Waals surface area contributed by atoms with E-state index in [-0.39, 0.29) is 5.91 Å². The zero-order valence-corrected chi connectivity index (χ0v) is 8.60. The fraction of sp³-hybridized carbons (Fsp3) is 0.154. The van der Waals surface area contributed by atoms with Gasteiger partial charge in [-0.3, -0.25) is 4.79 Å². The molecule has 2 N–H and O–H groups in total. The number of hydrogen-bond donors (Lipinski definition) is 2. The van der Waals surface area contributed by atoms with Crippen LogP contribution in [0, 0.1) is 0 Å². The molecule has 1 aliphatic heterocycles. The smallest absolute Gasteiger partial charge is 0.253 e. The van der Waals surface area contributed by atoms with E-state index >= 15 is 0 Å². The number of amides is 1. The Bertz CT molecular complexity index is 577. The number of nitrogens with one attached hydrogen (secondary N) is 1. The molecule has 1 aliphatic rings. The molecular formula is C13H11NO2. The molecule has 0 aliphatic carbocycles. The Labute approximate surface area is 92.7 Å². The van der Waals surface area contributed by atoms with E-state index < -0.39 is 6.10 Å². The summed E-state index contributed by atoms with van der Waals surface area (Å²) in [7, 11) is 0. The minimum absolute atomic E-state index is 0.316. The largest absolute Gasteiger partial charge is 0.383 e. The van der Waals surface area contributed by atoms with E-state index in [2.05, 4.69) is 5.32 Å². The van der Waals surface area contributed by atoms with E-state index in [1.807, 2.05) is 36.4 Å². The van der Waals surface area contributed by atoms with Crippen LogP contribution in [0.1, 0.15) is 5.56 Å². The second-order valence-corrected chi connectivity index (χ2v) is 4.03. The van der Waals surface area contributed by atoms with Crippen LogP contribution in [0.5, 0.6) is 0 Å². The first kappa shape index (κ1) is 9.36.